The predicted molar refractivity (Wildman–Crippen MR) is 86.9 cm³/mol. The van der Waals surface area contributed by atoms with E-state index in [0.717, 1.165) is 32.0 Å². The number of aliphatic hydroxyl groups excluding tert-OH is 1. The minimum Gasteiger partial charge on any atom is -0.393 e. The molecule has 0 aromatic carbocycles. The fourth-order valence-electron chi connectivity index (χ4n) is 3.01. The molecular formula is C17H36N2O. The SMILES string of the molecule is CC(C)CCNC1CC(CC(O)C(C)(C)C)CN(C)C1. The first-order valence-electron chi connectivity index (χ1n) is 8.28. The Kier molecular flexibility index (Phi) is 6.96. The van der Waals surface area contributed by atoms with Crippen molar-refractivity contribution in [1.82, 2.24) is 10.2 Å². The van der Waals surface area contributed by atoms with Gasteiger partial charge in [0.05, 0.1) is 6.10 Å². The molecule has 0 aliphatic carbocycles. The summed E-state index contributed by atoms with van der Waals surface area (Å²) >= 11 is 0. The van der Waals surface area contributed by atoms with Crippen LogP contribution < -0.4 is 5.32 Å². The number of piperidine rings is 1. The summed E-state index contributed by atoms with van der Waals surface area (Å²) in [5, 5.41) is 14.0. The zero-order chi connectivity index (χ0) is 15.3. The number of rotatable bonds is 6. The van der Waals surface area contributed by atoms with E-state index in [0.29, 0.717) is 12.0 Å². The average Bonchev–Trinajstić information content (AvgIpc) is 2.26. The third kappa shape index (κ3) is 6.55. The van der Waals surface area contributed by atoms with Crippen LogP contribution in [0.5, 0.6) is 0 Å². The molecule has 1 rings (SSSR count). The summed E-state index contributed by atoms with van der Waals surface area (Å²) in [5.41, 5.74) is -0.00339. The summed E-state index contributed by atoms with van der Waals surface area (Å²) in [6.45, 7) is 14.3. The van der Waals surface area contributed by atoms with Gasteiger partial charge in [0, 0.05) is 19.1 Å². The van der Waals surface area contributed by atoms with Crippen molar-refractivity contribution in [3.05, 3.63) is 0 Å². The van der Waals surface area contributed by atoms with Gasteiger partial charge in [0.15, 0.2) is 0 Å². The molecule has 1 aliphatic heterocycles. The van der Waals surface area contributed by atoms with Crippen molar-refractivity contribution < 1.29 is 5.11 Å². The highest BCUT2D eigenvalue weighted by molar-refractivity contribution is 4.85. The van der Waals surface area contributed by atoms with E-state index in [1.54, 1.807) is 0 Å². The number of nitrogens with zero attached hydrogens (tertiary/aromatic N) is 1. The molecule has 1 aliphatic rings. The Hall–Kier alpha value is -0.120. The fraction of sp³-hybridized carbons (Fsp3) is 1.00. The third-order valence-electron chi connectivity index (χ3n) is 4.43. The molecule has 1 saturated heterocycles. The Morgan fingerprint density at radius 1 is 1.25 bits per heavy atom. The number of hydrogen-bond donors (Lipinski definition) is 2. The molecule has 3 heteroatoms. The highest BCUT2D eigenvalue weighted by atomic mass is 16.3. The van der Waals surface area contributed by atoms with Crippen LogP contribution in [0.2, 0.25) is 0 Å². The molecule has 0 radical (unpaired) electrons. The molecule has 0 bridgehead atoms. The molecule has 0 saturated carbocycles. The topological polar surface area (TPSA) is 35.5 Å². The van der Waals surface area contributed by atoms with Crippen LogP contribution in [0, 0.1) is 17.3 Å². The molecule has 0 aromatic rings. The second-order valence-corrected chi connectivity index (χ2v) is 8.27. The Labute approximate surface area is 126 Å². The fourth-order valence-corrected chi connectivity index (χ4v) is 3.01. The van der Waals surface area contributed by atoms with Crippen molar-refractivity contribution in [2.75, 3.05) is 26.7 Å². The first-order valence-corrected chi connectivity index (χ1v) is 8.28. The molecule has 3 nitrogen and oxygen atoms in total. The highest BCUT2D eigenvalue weighted by Crippen LogP contribution is 2.28. The molecule has 3 atom stereocenters. The van der Waals surface area contributed by atoms with Gasteiger partial charge in [-0.3, -0.25) is 0 Å². The van der Waals surface area contributed by atoms with Crippen molar-refractivity contribution in [1.29, 1.82) is 0 Å². The Balaban J connectivity index is 2.41. The van der Waals surface area contributed by atoms with E-state index in [1.165, 1.54) is 12.8 Å². The smallest absolute Gasteiger partial charge is 0.0591 e. The first kappa shape index (κ1) is 17.9. The average molecular weight is 284 g/mol. The lowest BCUT2D eigenvalue weighted by molar-refractivity contribution is 0.0253. The number of likely N-dealkylation sites (N-methyl/N-ethyl adjacent to an activating group) is 1. The zero-order valence-corrected chi connectivity index (χ0v) is 14.4. The summed E-state index contributed by atoms with van der Waals surface area (Å²) in [5.74, 6) is 1.38. The van der Waals surface area contributed by atoms with E-state index in [2.05, 4.69) is 51.9 Å². The molecular weight excluding hydrogens is 248 g/mol. The lowest BCUT2D eigenvalue weighted by Crippen LogP contribution is -2.49. The largest absolute Gasteiger partial charge is 0.393 e. The maximum atomic E-state index is 10.3. The molecule has 0 aromatic heterocycles. The van der Waals surface area contributed by atoms with Gasteiger partial charge >= 0.3 is 0 Å². The minimum atomic E-state index is -0.199. The standard InChI is InChI=1S/C17H36N2O/c1-13(2)7-8-18-15-9-14(11-19(6)12-15)10-16(20)17(3,4)5/h13-16,18,20H,7-12H2,1-6H3. The van der Waals surface area contributed by atoms with Gasteiger partial charge in [0.25, 0.3) is 0 Å². The van der Waals surface area contributed by atoms with E-state index in [1.807, 2.05) is 0 Å². The number of hydrogen-bond acceptors (Lipinski definition) is 3. The monoisotopic (exact) mass is 284 g/mol. The second kappa shape index (κ2) is 7.77. The van der Waals surface area contributed by atoms with E-state index in [-0.39, 0.29) is 11.5 Å². The molecule has 120 valence electrons. The van der Waals surface area contributed by atoms with Gasteiger partial charge in [0.2, 0.25) is 0 Å². The quantitative estimate of drug-likeness (QED) is 0.787. The number of nitrogens with one attached hydrogen (secondary N) is 1. The first-order chi connectivity index (χ1) is 9.18. The van der Waals surface area contributed by atoms with Gasteiger partial charge in [0.1, 0.15) is 0 Å². The van der Waals surface area contributed by atoms with Gasteiger partial charge in [-0.2, -0.15) is 0 Å². The van der Waals surface area contributed by atoms with Crippen molar-refractivity contribution >= 4 is 0 Å². The van der Waals surface area contributed by atoms with Crippen LogP contribution in [-0.2, 0) is 0 Å². The van der Waals surface area contributed by atoms with Crippen LogP contribution in [-0.4, -0.2) is 48.8 Å². The Morgan fingerprint density at radius 2 is 1.90 bits per heavy atom. The van der Waals surface area contributed by atoms with Crippen LogP contribution in [0.1, 0.15) is 53.9 Å². The van der Waals surface area contributed by atoms with Crippen molar-refractivity contribution in [2.24, 2.45) is 17.3 Å². The lowest BCUT2D eigenvalue weighted by Gasteiger charge is -2.39. The molecule has 2 N–H and O–H groups in total. The van der Waals surface area contributed by atoms with Crippen LogP contribution in [0.25, 0.3) is 0 Å². The third-order valence-corrected chi connectivity index (χ3v) is 4.43. The van der Waals surface area contributed by atoms with Crippen LogP contribution in [0.15, 0.2) is 0 Å². The van der Waals surface area contributed by atoms with E-state index in [4.69, 9.17) is 0 Å². The summed E-state index contributed by atoms with van der Waals surface area (Å²) < 4.78 is 0. The van der Waals surface area contributed by atoms with Crippen molar-refractivity contribution in [3.8, 4) is 0 Å². The Morgan fingerprint density at radius 3 is 2.45 bits per heavy atom. The van der Waals surface area contributed by atoms with E-state index < -0.39 is 0 Å². The van der Waals surface area contributed by atoms with Gasteiger partial charge in [-0.1, -0.05) is 34.6 Å². The number of aliphatic hydroxyl groups is 1. The van der Waals surface area contributed by atoms with Gasteiger partial charge in [-0.25, -0.2) is 0 Å². The van der Waals surface area contributed by atoms with Crippen LogP contribution >= 0.6 is 0 Å². The second-order valence-electron chi connectivity index (χ2n) is 8.27. The van der Waals surface area contributed by atoms with Gasteiger partial charge in [-0.05, 0) is 50.1 Å². The van der Waals surface area contributed by atoms with E-state index >= 15 is 0 Å². The highest BCUT2D eigenvalue weighted by Gasteiger charge is 2.30. The minimum absolute atomic E-state index is 0.00339. The molecule has 0 amide bonds. The van der Waals surface area contributed by atoms with Gasteiger partial charge in [-0.15, -0.1) is 0 Å². The summed E-state index contributed by atoms with van der Waals surface area (Å²) in [7, 11) is 2.20. The zero-order valence-electron chi connectivity index (χ0n) is 14.4. The van der Waals surface area contributed by atoms with Crippen molar-refractivity contribution in [3.63, 3.8) is 0 Å². The lowest BCUT2D eigenvalue weighted by atomic mass is 9.80. The van der Waals surface area contributed by atoms with Gasteiger partial charge < -0.3 is 15.3 Å². The molecule has 20 heavy (non-hydrogen) atoms. The van der Waals surface area contributed by atoms with Crippen molar-refractivity contribution in [2.45, 2.75) is 66.0 Å². The van der Waals surface area contributed by atoms with Crippen LogP contribution in [0.3, 0.4) is 0 Å². The summed E-state index contributed by atoms with van der Waals surface area (Å²) in [4.78, 5) is 2.41. The predicted octanol–water partition coefficient (Wildman–Crippen LogP) is 2.74. The normalized spacial score (nSPS) is 27.0. The Bertz CT molecular complexity index is 273. The number of likely N-dealkylation sites (tertiary alicyclic amines) is 1. The van der Waals surface area contributed by atoms with E-state index in [9.17, 15) is 5.11 Å². The maximum absolute atomic E-state index is 10.3. The molecule has 3 unspecified atom stereocenters. The van der Waals surface area contributed by atoms with Crippen LogP contribution in [0.4, 0.5) is 0 Å². The summed E-state index contributed by atoms with van der Waals surface area (Å²) in [6.07, 6.45) is 3.18. The maximum Gasteiger partial charge on any atom is 0.0591 e. The summed E-state index contributed by atoms with van der Waals surface area (Å²) in [6, 6.07) is 0.588. The molecule has 1 fully saturated rings. The molecule has 0 spiro atoms. The molecule has 1 heterocycles.